The lowest BCUT2D eigenvalue weighted by Gasteiger charge is -2.12. The standard InChI is InChI=1S/C17H24ClN5/c1-12-16(13(2)23(4)22-12)8-9-20-17(19-3)21-11-14-6-5-7-15(18)10-14/h5-7,10H,8-9,11H2,1-4H3,(H2,19,20,21). The summed E-state index contributed by atoms with van der Waals surface area (Å²) < 4.78 is 1.93. The van der Waals surface area contributed by atoms with Gasteiger partial charge in [-0.3, -0.25) is 9.67 Å². The van der Waals surface area contributed by atoms with Gasteiger partial charge in [-0.15, -0.1) is 0 Å². The van der Waals surface area contributed by atoms with Gasteiger partial charge in [0.15, 0.2) is 5.96 Å². The first kappa shape index (κ1) is 17.3. The zero-order valence-corrected chi connectivity index (χ0v) is 14.9. The van der Waals surface area contributed by atoms with E-state index in [9.17, 15) is 0 Å². The molecule has 0 aliphatic rings. The van der Waals surface area contributed by atoms with Crippen LogP contribution in [0.2, 0.25) is 5.02 Å². The minimum absolute atomic E-state index is 0.686. The van der Waals surface area contributed by atoms with Crippen molar-refractivity contribution in [1.82, 2.24) is 20.4 Å². The fourth-order valence-electron chi connectivity index (χ4n) is 2.54. The maximum absolute atomic E-state index is 6.00. The Bertz CT molecular complexity index is 690. The number of halogens is 1. The van der Waals surface area contributed by atoms with E-state index >= 15 is 0 Å². The van der Waals surface area contributed by atoms with E-state index in [0.29, 0.717) is 6.54 Å². The lowest BCUT2D eigenvalue weighted by molar-refractivity contribution is 0.729. The van der Waals surface area contributed by atoms with Crippen LogP contribution in [0, 0.1) is 13.8 Å². The Kier molecular flexibility index (Phi) is 6.04. The zero-order valence-electron chi connectivity index (χ0n) is 14.2. The summed E-state index contributed by atoms with van der Waals surface area (Å²) >= 11 is 6.00. The molecule has 0 spiro atoms. The summed E-state index contributed by atoms with van der Waals surface area (Å²) in [6, 6.07) is 7.80. The molecule has 5 nitrogen and oxygen atoms in total. The van der Waals surface area contributed by atoms with Crippen molar-refractivity contribution in [2.75, 3.05) is 13.6 Å². The molecule has 0 saturated heterocycles. The Morgan fingerprint density at radius 3 is 2.70 bits per heavy atom. The van der Waals surface area contributed by atoms with Gasteiger partial charge in [0.2, 0.25) is 0 Å². The smallest absolute Gasteiger partial charge is 0.191 e. The van der Waals surface area contributed by atoms with Gasteiger partial charge in [-0.05, 0) is 43.5 Å². The summed E-state index contributed by atoms with van der Waals surface area (Å²) in [5.74, 6) is 0.782. The molecular formula is C17H24ClN5. The van der Waals surface area contributed by atoms with Crippen molar-refractivity contribution in [2.24, 2.45) is 12.0 Å². The highest BCUT2D eigenvalue weighted by Crippen LogP contribution is 2.12. The van der Waals surface area contributed by atoms with E-state index in [2.05, 4.69) is 34.6 Å². The van der Waals surface area contributed by atoms with Gasteiger partial charge < -0.3 is 10.6 Å². The fourth-order valence-corrected chi connectivity index (χ4v) is 2.75. The summed E-state index contributed by atoms with van der Waals surface area (Å²) in [6.45, 7) is 5.64. The van der Waals surface area contributed by atoms with Gasteiger partial charge in [0.05, 0.1) is 5.69 Å². The molecule has 1 aromatic carbocycles. The average molecular weight is 334 g/mol. The lowest BCUT2D eigenvalue weighted by Crippen LogP contribution is -2.37. The van der Waals surface area contributed by atoms with Crippen molar-refractivity contribution in [3.8, 4) is 0 Å². The number of rotatable bonds is 5. The fraction of sp³-hybridized carbons (Fsp3) is 0.412. The highest BCUT2D eigenvalue weighted by atomic mass is 35.5. The van der Waals surface area contributed by atoms with Crippen molar-refractivity contribution in [2.45, 2.75) is 26.8 Å². The molecule has 0 fully saturated rings. The lowest BCUT2D eigenvalue weighted by atomic mass is 10.1. The number of hydrogen-bond acceptors (Lipinski definition) is 2. The SMILES string of the molecule is CN=C(NCCc1c(C)nn(C)c1C)NCc1cccc(Cl)c1. The van der Waals surface area contributed by atoms with E-state index in [1.54, 1.807) is 7.05 Å². The van der Waals surface area contributed by atoms with Gasteiger partial charge in [-0.1, -0.05) is 23.7 Å². The highest BCUT2D eigenvalue weighted by Gasteiger charge is 2.09. The Morgan fingerprint density at radius 1 is 1.30 bits per heavy atom. The first-order valence-electron chi connectivity index (χ1n) is 7.69. The Hall–Kier alpha value is -2.01. The van der Waals surface area contributed by atoms with Gasteiger partial charge in [-0.25, -0.2) is 0 Å². The van der Waals surface area contributed by atoms with E-state index < -0.39 is 0 Å². The van der Waals surface area contributed by atoms with Crippen LogP contribution in [-0.4, -0.2) is 29.3 Å². The normalized spacial score (nSPS) is 11.6. The summed E-state index contributed by atoms with van der Waals surface area (Å²) in [5, 5.41) is 11.8. The number of aromatic nitrogens is 2. The van der Waals surface area contributed by atoms with E-state index in [1.807, 2.05) is 36.0 Å². The number of aliphatic imine (C=N–C) groups is 1. The van der Waals surface area contributed by atoms with E-state index in [-0.39, 0.29) is 0 Å². The van der Waals surface area contributed by atoms with Gasteiger partial charge in [-0.2, -0.15) is 5.10 Å². The zero-order chi connectivity index (χ0) is 16.8. The average Bonchev–Trinajstić information content (AvgIpc) is 2.76. The molecule has 1 aromatic heterocycles. The largest absolute Gasteiger partial charge is 0.356 e. The van der Waals surface area contributed by atoms with Crippen LogP contribution in [0.15, 0.2) is 29.3 Å². The molecule has 124 valence electrons. The predicted molar refractivity (Wildman–Crippen MR) is 96.0 cm³/mol. The Balaban J connectivity index is 1.83. The Morgan fingerprint density at radius 2 is 2.09 bits per heavy atom. The third-order valence-corrected chi connectivity index (χ3v) is 4.13. The molecule has 0 aliphatic carbocycles. The number of guanidine groups is 1. The van der Waals surface area contributed by atoms with Crippen LogP contribution in [-0.2, 0) is 20.0 Å². The van der Waals surface area contributed by atoms with Crippen molar-refractivity contribution in [1.29, 1.82) is 0 Å². The molecule has 0 unspecified atom stereocenters. The van der Waals surface area contributed by atoms with Crippen LogP contribution in [0.1, 0.15) is 22.5 Å². The summed E-state index contributed by atoms with van der Waals surface area (Å²) in [5.41, 5.74) is 4.73. The van der Waals surface area contributed by atoms with Crippen molar-refractivity contribution in [3.05, 3.63) is 51.8 Å². The molecule has 2 aromatic rings. The second kappa shape index (κ2) is 8.02. The van der Waals surface area contributed by atoms with Gasteiger partial charge in [0, 0.05) is 37.9 Å². The predicted octanol–water partition coefficient (Wildman–Crippen LogP) is 2.60. The van der Waals surface area contributed by atoms with Crippen LogP contribution in [0.4, 0.5) is 0 Å². The monoisotopic (exact) mass is 333 g/mol. The van der Waals surface area contributed by atoms with Gasteiger partial charge in [0.1, 0.15) is 0 Å². The first-order chi connectivity index (χ1) is 11.0. The maximum atomic E-state index is 6.00. The molecule has 0 aliphatic heterocycles. The quantitative estimate of drug-likeness (QED) is 0.653. The Labute approximate surface area is 142 Å². The second-order valence-electron chi connectivity index (χ2n) is 5.51. The summed E-state index contributed by atoms with van der Waals surface area (Å²) in [7, 11) is 3.75. The molecule has 2 rings (SSSR count). The minimum Gasteiger partial charge on any atom is -0.356 e. The topological polar surface area (TPSA) is 54.2 Å². The van der Waals surface area contributed by atoms with Crippen LogP contribution in [0.25, 0.3) is 0 Å². The summed E-state index contributed by atoms with van der Waals surface area (Å²) in [4.78, 5) is 4.25. The third kappa shape index (κ3) is 4.73. The molecule has 0 saturated carbocycles. The number of hydrogen-bond donors (Lipinski definition) is 2. The van der Waals surface area contributed by atoms with Gasteiger partial charge in [0.25, 0.3) is 0 Å². The molecule has 6 heteroatoms. The highest BCUT2D eigenvalue weighted by molar-refractivity contribution is 6.30. The van der Waals surface area contributed by atoms with Crippen LogP contribution >= 0.6 is 11.6 Å². The van der Waals surface area contributed by atoms with Crippen molar-refractivity contribution < 1.29 is 0 Å². The first-order valence-corrected chi connectivity index (χ1v) is 8.07. The molecule has 1 heterocycles. The van der Waals surface area contributed by atoms with E-state index in [0.717, 1.165) is 35.2 Å². The van der Waals surface area contributed by atoms with E-state index in [1.165, 1.54) is 11.3 Å². The molecular weight excluding hydrogens is 310 g/mol. The van der Waals surface area contributed by atoms with Crippen molar-refractivity contribution in [3.63, 3.8) is 0 Å². The maximum Gasteiger partial charge on any atom is 0.191 e. The number of nitrogens with one attached hydrogen (secondary N) is 2. The molecule has 0 bridgehead atoms. The van der Waals surface area contributed by atoms with Gasteiger partial charge >= 0.3 is 0 Å². The molecule has 0 radical (unpaired) electrons. The summed E-state index contributed by atoms with van der Waals surface area (Å²) in [6.07, 6.45) is 0.920. The van der Waals surface area contributed by atoms with E-state index in [4.69, 9.17) is 11.6 Å². The number of nitrogens with zero attached hydrogens (tertiary/aromatic N) is 3. The third-order valence-electron chi connectivity index (χ3n) is 3.90. The number of aryl methyl sites for hydroxylation is 2. The van der Waals surface area contributed by atoms with Crippen LogP contribution < -0.4 is 10.6 Å². The second-order valence-corrected chi connectivity index (χ2v) is 5.94. The van der Waals surface area contributed by atoms with Crippen LogP contribution in [0.5, 0.6) is 0 Å². The molecule has 23 heavy (non-hydrogen) atoms. The minimum atomic E-state index is 0.686. The van der Waals surface area contributed by atoms with Crippen LogP contribution in [0.3, 0.4) is 0 Å². The van der Waals surface area contributed by atoms with Crippen molar-refractivity contribution >= 4 is 17.6 Å². The number of benzene rings is 1. The molecule has 0 amide bonds. The molecule has 2 N–H and O–H groups in total. The molecule has 0 atom stereocenters.